The zero-order chi connectivity index (χ0) is 23.2. The molecule has 1 aliphatic rings. The summed E-state index contributed by atoms with van der Waals surface area (Å²) >= 11 is 0. The summed E-state index contributed by atoms with van der Waals surface area (Å²) in [4.78, 5) is 30.0. The molecular weight excluding hydrogens is 412 g/mol. The van der Waals surface area contributed by atoms with Gasteiger partial charge in [-0.05, 0) is 36.6 Å². The molecule has 0 aliphatic carbocycles. The van der Waals surface area contributed by atoms with Crippen molar-refractivity contribution in [1.82, 2.24) is 19.7 Å². The van der Waals surface area contributed by atoms with Crippen LogP contribution in [0.4, 0.5) is 4.79 Å². The maximum atomic E-state index is 13.5. The van der Waals surface area contributed by atoms with Crippen molar-refractivity contribution in [3.63, 3.8) is 0 Å². The lowest BCUT2D eigenvalue weighted by Crippen LogP contribution is -2.50. The number of benzene rings is 2. The van der Waals surface area contributed by atoms with E-state index in [1.54, 1.807) is 4.90 Å². The second kappa shape index (κ2) is 10.4. The Morgan fingerprint density at radius 2 is 1.76 bits per heavy atom. The Hall–Kier alpha value is -3.54. The first kappa shape index (κ1) is 22.6. The monoisotopic (exact) mass is 444 g/mol. The zero-order valence-corrected chi connectivity index (χ0v) is 19.4. The molecule has 6 heteroatoms. The molecule has 0 saturated heterocycles. The third-order valence-electron chi connectivity index (χ3n) is 6.15. The molecule has 0 spiro atoms. The van der Waals surface area contributed by atoms with Gasteiger partial charge in [0, 0.05) is 38.1 Å². The van der Waals surface area contributed by atoms with Gasteiger partial charge in [0.1, 0.15) is 6.54 Å². The number of aromatic nitrogens is 1. The highest BCUT2D eigenvalue weighted by Crippen LogP contribution is 2.32. The van der Waals surface area contributed by atoms with Gasteiger partial charge in [-0.25, -0.2) is 4.79 Å². The summed E-state index contributed by atoms with van der Waals surface area (Å²) in [7, 11) is 0. The number of carbonyl (C=O) groups excluding carboxylic acids is 2. The Morgan fingerprint density at radius 3 is 2.48 bits per heavy atom. The molecule has 0 saturated carbocycles. The van der Waals surface area contributed by atoms with Crippen LogP contribution in [0.25, 0.3) is 0 Å². The quantitative estimate of drug-likeness (QED) is 0.589. The third kappa shape index (κ3) is 5.28. The molecule has 1 aliphatic heterocycles. The van der Waals surface area contributed by atoms with Crippen molar-refractivity contribution in [2.45, 2.75) is 39.4 Å². The van der Waals surface area contributed by atoms with Crippen LogP contribution in [0.2, 0.25) is 0 Å². The van der Waals surface area contributed by atoms with Crippen LogP contribution < -0.4 is 5.32 Å². The largest absolute Gasteiger partial charge is 0.348 e. The van der Waals surface area contributed by atoms with E-state index >= 15 is 0 Å². The minimum absolute atomic E-state index is 0.0312. The number of nitrogens with zero attached hydrogens (tertiary/aromatic N) is 3. The van der Waals surface area contributed by atoms with E-state index in [-0.39, 0.29) is 24.5 Å². The van der Waals surface area contributed by atoms with Gasteiger partial charge in [0.15, 0.2) is 0 Å². The van der Waals surface area contributed by atoms with Crippen molar-refractivity contribution < 1.29 is 9.59 Å². The standard InChI is InChI=1S/C27H32N4O2/c1-3-15-30(27(33)28-19-22-8-5-4-6-9-22)20-25(32)31-18-17-29-16-7-10-24(29)26(31)23-13-11-21(2)12-14-23/h4-14,16,26H,3,15,17-20H2,1-2H3,(H,28,33). The molecule has 33 heavy (non-hydrogen) atoms. The number of urea groups is 1. The third-order valence-corrected chi connectivity index (χ3v) is 6.15. The Kier molecular flexibility index (Phi) is 7.13. The van der Waals surface area contributed by atoms with Gasteiger partial charge in [-0.3, -0.25) is 4.79 Å². The van der Waals surface area contributed by atoms with Gasteiger partial charge in [-0.15, -0.1) is 0 Å². The van der Waals surface area contributed by atoms with E-state index in [0.717, 1.165) is 29.8 Å². The van der Waals surface area contributed by atoms with Crippen molar-refractivity contribution in [3.8, 4) is 0 Å². The summed E-state index contributed by atoms with van der Waals surface area (Å²) in [6.45, 7) is 6.49. The fourth-order valence-electron chi connectivity index (χ4n) is 4.41. The average molecular weight is 445 g/mol. The zero-order valence-electron chi connectivity index (χ0n) is 19.4. The summed E-state index contributed by atoms with van der Waals surface area (Å²) in [5, 5.41) is 2.96. The number of hydrogen-bond acceptors (Lipinski definition) is 2. The molecule has 0 fully saturated rings. The van der Waals surface area contributed by atoms with Gasteiger partial charge in [-0.2, -0.15) is 0 Å². The smallest absolute Gasteiger partial charge is 0.318 e. The van der Waals surface area contributed by atoms with Crippen LogP contribution in [0, 0.1) is 6.92 Å². The molecular formula is C27H32N4O2. The van der Waals surface area contributed by atoms with E-state index in [9.17, 15) is 9.59 Å². The van der Waals surface area contributed by atoms with Crippen LogP contribution in [0.3, 0.4) is 0 Å². The molecule has 2 heterocycles. The van der Waals surface area contributed by atoms with Crippen LogP contribution in [0.15, 0.2) is 72.9 Å². The van der Waals surface area contributed by atoms with Gasteiger partial charge in [-0.1, -0.05) is 67.1 Å². The predicted molar refractivity (Wildman–Crippen MR) is 130 cm³/mol. The van der Waals surface area contributed by atoms with E-state index < -0.39 is 0 Å². The van der Waals surface area contributed by atoms with Crippen molar-refractivity contribution in [2.24, 2.45) is 0 Å². The second-order valence-electron chi connectivity index (χ2n) is 8.59. The molecule has 4 rings (SSSR count). The van der Waals surface area contributed by atoms with Crippen molar-refractivity contribution in [3.05, 3.63) is 95.3 Å². The molecule has 6 nitrogen and oxygen atoms in total. The summed E-state index contributed by atoms with van der Waals surface area (Å²) in [6, 6.07) is 21.9. The number of amides is 3. The number of nitrogens with one attached hydrogen (secondary N) is 1. The first-order valence-electron chi connectivity index (χ1n) is 11.6. The highest BCUT2D eigenvalue weighted by atomic mass is 16.2. The average Bonchev–Trinajstić information content (AvgIpc) is 3.32. The SMILES string of the molecule is CCCN(CC(=O)N1CCn2cccc2C1c1ccc(C)cc1)C(=O)NCc1ccccc1. The topological polar surface area (TPSA) is 57.6 Å². The lowest BCUT2D eigenvalue weighted by atomic mass is 9.98. The molecule has 3 aromatic rings. The Morgan fingerprint density at radius 1 is 1.00 bits per heavy atom. The number of fused-ring (bicyclic) bond motifs is 1. The van der Waals surface area contributed by atoms with E-state index in [1.165, 1.54) is 5.56 Å². The fraction of sp³-hybridized carbons (Fsp3) is 0.333. The van der Waals surface area contributed by atoms with Crippen LogP contribution in [0.5, 0.6) is 0 Å². The molecule has 172 valence electrons. The molecule has 1 aromatic heterocycles. The normalized spacial score (nSPS) is 15.1. The molecule has 0 bridgehead atoms. The van der Waals surface area contributed by atoms with Gasteiger partial charge in [0.2, 0.25) is 5.91 Å². The van der Waals surface area contributed by atoms with Crippen molar-refractivity contribution in [1.29, 1.82) is 0 Å². The van der Waals surface area contributed by atoms with Gasteiger partial charge in [0.05, 0.1) is 6.04 Å². The van der Waals surface area contributed by atoms with Crippen LogP contribution in [0.1, 0.15) is 41.8 Å². The van der Waals surface area contributed by atoms with Crippen LogP contribution >= 0.6 is 0 Å². The fourth-order valence-corrected chi connectivity index (χ4v) is 4.41. The predicted octanol–water partition coefficient (Wildman–Crippen LogP) is 4.35. The Balaban J connectivity index is 1.50. The first-order valence-corrected chi connectivity index (χ1v) is 11.6. The van der Waals surface area contributed by atoms with Gasteiger partial charge in [0.25, 0.3) is 0 Å². The van der Waals surface area contributed by atoms with E-state index in [4.69, 9.17) is 0 Å². The Labute approximate surface area is 195 Å². The number of rotatable bonds is 7. The van der Waals surface area contributed by atoms with E-state index in [2.05, 4.69) is 53.3 Å². The Bertz CT molecular complexity index is 1080. The maximum Gasteiger partial charge on any atom is 0.318 e. The molecule has 3 amide bonds. The highest BCUT2D eigenvalue weighted by Gasteiger charge is 2.33. The minimum atomic E-state index is -0.207. The maximum absolute atomic E-state index is 13.5. The van der Waals surface area contributed by atoms with Gasteiger partial charge < -0.3 is 19.7 Å². The molecule has 2 aromatic carbocycles. The molecule has 1 atom stereocenters. The summed E-state index contributed by atoms with van der Waals surface area (Å²) < 4.78 is 2.21. The first-order chi connectivity index (χ1) is 16.1. The number of hydrogen-bond donors (Lipinski definition) is 1. The van der Waals surface area contributed by atoms with Crippen LogP contribution in [-0.2, 0) is 17.9 Å². The summed E-state index contributed by atoms with van der Waals surface area (Å²) in [5.41, 5.74) is 4.41. The summed E-state index contributed by atoms with van der Waals surface area (Å²) in [5.74, 6) is -0.0312. The summed E-state index contributed by atoms with van der Waals surface area (Å²) in [6.07, 6.45) is 2.86. The number of aryl methyl sites for hydroxylation is 1. The lowest BCUT2D eigenvalue weighted by Gasteiger charge is -2.38. The van der Waals surface area contributed by atoms with Crippen LogP contribution in [-0.4, -0.2) is 45.9 Å². The lowest BCUT2D eigenvalue weighted by molar-refractivity contribution is -0.134. The van der Waals surface area contributed by atoms with Crippen molar-refractivity contribution >= 4 is 11.9 Å². The van der Waals surface area contributed by atoms with Gasteiger partial charge >= 0.3 is 6.03 Å². The minimum Gasteiger partial charge on any atom is -0.348 e. The highest BCUT2D eigenvalue weighted by molar-refractivity contribution is 5.84. The van der Waals surface area contributed by atoms with Crippen molar-refractivity contribution in [2.75, 3.05) is 19.6 Å². The molecule has 1 unspecified atom stereocenters. The second-order valence-corrected chi connectivity index (χ2v) is 8.59. The van der Waals surface area contributed by atoms with E-state index in [0.29, 0.717) is 19.6 Å². The molecule has 1 N–H and O–H groups in total. The molecule has 0 radical (unpaired) electrons. The number of carbonyl (C=O) groups is 2. The van der Waals surface area contributed by atoms with E-state index in [1.807, 2.05) is 48.2 Å².